The zero-order chi connectivity index (χ0) is 10.7. The van der Waals surface area contributed by atoms with Gasteiger partial charge in [0.05, 0.1) is 19.6 Å². The molecule has 0 saturated heterocycles. The summed E-state index contributed by atoms with van der Waals surface area (Å²) in [6.45, 7) is 0. The number of benzene rings is 1. The molecular formula is C11H11NO2S. The van der Waals surface area contributed by atoms with Crippen LogP contribution in [0.5, 0.6) is 11.6 Å². The normalized spacial score (nSPS) is 10.0. The molecule has 1 aromatic heterocycles. The van der Waals surface area contributed by atoms with Crippen molar-refractivity contribution in [1.29, 1.82) is 0 Å². The zero-order valence-corrected chi connectivity index (χ0v) is 9.38. The average molecular weight is 221 g/mol. The van der Waals surface area contributed by atoms with E-state index in [1.807, 2.05) is 29.6 Å². The van der Waals surface area contributed by atoms with Gasteiger partial charge in [-0.2, -0.15) is 0 Å². The van der Waals surface area contributed by atoms with Crippen molar-refractivity contribution in [2.24, 2.45) is 0 Å². The van der Waals surface area contributed by atoms with E-state index in [9.17, 15) is 0 Å². The highest BCUT2D eigenvalue weighted by Gasteiger charge is 2.04. The molecule has 0 N–H and O–H groups in total. The minimum absolute atomic E-state index is 0.658. The summed E-state index contributed by atoms with van der Waals surface area (Å²) in [7, 11) is 3.27. The van der Waals surface area contributed by atoms with Crippen LogP contribution in [-0.4, -0.2) is 19.2 Å². The third-order valence-corrected chi connectivity index (χ3v) is 2.90. The third-order valence-electron chi connectivity index (χ3n) is 2.03. The molecule has 0 spiro atoms. The Hall–Kier alpha value is -1.55. The zero-order valence-electron chi connectivity index (χ0n) is 8.56. The molecule has 4 heteroatoms. The monoisotopic (exact) mass is 221 g/mol. The lowest BCUT2D eigenvalue weighted by Gasteiger charge is -1.99. The minimum atomic E-state index is 0.658. The highest BCUT2D eigenvalue weighted by Crippen LogP contribution is 2.27. The van der Waals surface area contributed by atoms with E-state index < -0.39 is 0 Å². The smallest absolute Gasteiger partial charge is 0.224 e. The maximum Gasteiger partial charge on any atom is 0.224 e. The van der Waals surface area contributed by atoms with Gasteiger partial charge in [0.2, 0.25) is 5.88 Å². The maximum atomic E-state index is 5.09. The quantitative estimate of drug-likeness (QED) is 0.798. The van der Waals surface area contributed by atoms with Gasteiger partial charge >= 0.3 is 0 Å². The first kappa shape index (κ1) is 9.98. The second-order valence-electron chi connectivity index (χ2n) is 2.92. The van der Waals surface area contributed by atoms with Crippen molar-refractivity contribution in [3.63, 3.8) is 0 Å². The lowest BCUT2D eigenvalue weighted by atomic mass is 10.2. The summed E-state index contributed by atoms with van der Waals surface area (Å²) in [6.07, 6.45) is 0. The fourth-order valence-corrected chi connectivity index (χ4v) is 2.00. The molecule has 0 aliphatic carbocycles. The van der Waals surface area contributed by atoms with E-state index in [-0.39, 0.29) is 0 Å². The van der Waals surface area contributed by atoms with Gasteiger partial charge in [-0.25, -0.2) is 4.98 Å². The van der Waals surface area contributed by atoms with Gasteiger partial charge in [-0.15, -0.1) is 11.3 Å². The van der Waals surface area contributed by atoms with Gasteiger partial charge in [-0.1, -0.05) is 0 Å². The van der Waals surface area contributed by atoms with Crippen LogP contribution in [0.1, 0.15) is 0 Å². The first-order valence-electron chi connectivity index (χ1n) is 4.47. The molecule has 0 fully saturated rings. The van der Waals surface area contributed by atoms with E-state index in [2.05, 4.69) is 4.98 Å². The summed E-state index contributed by atoms with van der Waals surface area (Å²) in [5, 5.41) is 2.84. The molecule has 0 bridgehead atoms. The number of ether oxygens (including phenoxy) is 2. The first-order valence-corrected chi connectivity index (χ1v) is 5.35. The Kier molecular flexibility index (Phi) is 2.87. The van der Waals surface area contributed by atoms with Crippen LogP contribution < -0.4 is 9.47 Å². The molecule has 1 heterocycles. The summed E-state index contributed by atoms with van der Waals surface area (Å²) in [5.41, 5.74) is 1.07. The number of methoxy groups -OCH3 is 2. The Bertz CT molecular complexity index is 436. The molecule has 2 rings (SSSR count). The van der Waals surface area contributed by atoms with Crippen LogP contribution in [0.4, 0.5) is 0 Å². The van der Waals surface area contributed by atoms with Crippen molar-refractivity contribution < 1.29 is 9.47 Å². The molecule has 15 heavy (non-hydrogen) atoms. The van der Waals surface area contributed by atoms with Crippen molar-refractivity contribution in [1.82, 2.24) is 4.98 Å². The summed E-state index contributed by atoms with van der Waals surface area (Å²) in [5.74, 6) is 1.51. The van der Waals surface area contributed by atoms with Crippen LogP contribution in [0, 0.1) is 0 Å². The van der Waals surface area contributed by atoms with Crippen LogP contribution in [0.25, 0.3) is 10.6 Å². The van der Waals surface area contributed by atoms with Gasteiger partial charge in [-0.3, -0.25) is 0 Å². The van der Waals surface area contributed by atoms with Gasteiger partial charge < -0.3 is 9.47 Å². The third kappa shape index (κ3) is 2.10. The molecule has 78 valence electrons. The Morgan fingerprint density at radius 3 is 2.33 bits per heavy atom. The fraction of sp³-hybridized carbons (Fsp3) is 0.182. The van der Waals surface area contributed by atoms with Gasteiger partial charge in [0, 0.05) is 5.56 Å². The van der Waals surface area contributed by atoms with Crippen LogP contribution in [0.2, 0.25) is 0 Å². The Labute approximate surface area is 92.3 Å². The number of thiazole rings is 1. The van der Waals surface area contributed by atoms with Crippen molar-refractivity contribution in [3.05, 3.63) is 29.6 Å². The van der Waals surface area contributed by atoms with E-state index in [1.54, 1.807) is 25.6 Å². The molecule has 0 unspecified atom stereocenters. The predicted molar refractivity (Wildman–Crippen MR) is 60.7 cm³/mol. The van der Waals surface area contributed by atoms with Gasteiger partial charge in [0.25, 0.3) is 0 Å². The standard InChI is InChI=1S/C11H11NO2S/c1-13-9-5-3-8(4-6-9)11-12-10(14-2)7-15-11/h3-7H,1-2H3. The van der Waals surface area contributed by atoms with Crippen LogP contribution in [0.3, 0.4) is 0 Å². The topological polar surface area (TPSA) is 31.4 Å². The molecule has 3 nitrogen and oxygen atoms in total. The summed E-state index contributed by atoms with van der Waals surface area (Å²) >= 11 is 1.56. The van der Waals surface area contributed by atoms with Crippen molar-refractivity contribution in [2.45, 2.75) is 0 Å². The highest BCUT2D eigenvalue weighted by atomic mass is 32.1. The number of hydrogen-bond donors (Lipinski definition) is 0. The molecule has 0 aliphatic heterocycles. The van der Waals surface area contributed by atoms with E-state index in [4.69, 9.17) is 9.47 Å². The van der Waals surface area contributed by atoms with Gasteiger partial charge in [0.15, 0.2) is 0 Å². The lowest BCUT2D eigenvalue weighted by molar-refractivity contribution is 0.401. The highest BCUT2D eigenvalue weighted by molar-refractivity contribution is 7.13. The molecule has 0 radical (unpaired) electrons. The number of nitrogens with zero attached hydrogens (tertiary/aromatic N) is 1. The lowest BCUT2D eigenvalue weighted by Crippen LogP contribution is -1.83. The predicted octanol–water partition coefficient (Wildman–Crippen LogP) is 2.83. The Balaban J connectivity index is 2.28. The average Bonchev–Trinajstić information content (AvgIpc) is 2.78. The Morgan fingerprint density at radius 1 is 1.07 bits per heavy atom. The van der Waals surface area contributed by atoms with Gasteiger partial charge in [-0.05, 0) is 24.3 Å². The van der Waals surface area contributed by atoms with E-state index in [0.717, 1.165) is 16.3 Å². The summed E-state index contributed by atoms with van der Waals surface area (Å²) < 4.78 is 10.1. The second-order valence-corrected chi connectivity index (χ2v) is 3.78. The largest absolute Gasteiger partial charge is 0.497 e. The first-order chi connectivity index (χ1) is 7.33. The number of aromatic nitrogens is 1. The van der Waals surface area contributed by atoms with E-state index in [0.29, 0.717) is 5.88 Å². The van der Waals surface area contributed by atoms with Crippen molar-refractivity contribution in [3.8, 4) is 22.2 Å². The molecule has 0 atom stereocenters. The molecular weight excluding hydrogens is 210 g/mol. The SMILES string of the molecule is COc1ccc(-c2nc(OC)cs2)cc1. The second kappa shape index (κ2) is 4.31. The van der Waals surface area contributed by atoms with Crippen LogP contribution in [-0.2, 0) is 0 Å². The molecule has 0 aliphatic rings. The summed E-state index contributed by atoms with van der Waals surface area (Å²) in [6, 6.07) is 7.81. The van der Waals surface area contributed by atoms with E-state index >= 15 is 0 Å². The summed E-state index contributed by atoms with van der Waals surface area (Å²) in [4.78, 5) is 4.31. The Morgan fingerprint density at radius 2 is 1.80 bits per heavy atom. The van der Waals surface area contributed by atoms with Crippen LogP contribution in [0.15, 0.2) is 29.6 Å². The minimum Gasteiger partial charge on any atom is -0.497 e. The molecule has 0 amide bonds. The molecule has 1 aromatic carbocycles. The number of hydrogen-bond acceptors (Lipinski definition) is 4. The number of rotatable bonds is 3. The maximum absolute atomic E-state index is 5.09. The van der Waals surface area contributed by atoms with Crippen LogP contribution >= 0.6 is 11.3 Å². The van der Waals surface area contributed by atoms with Gasteiger partial charge in [0.1, 0.15) is 10.8 Å². The van der Waals surface area contributed by atoms with Crippen molar-refractivity contribution >= 4 is 11.3 Å². The molecule has 0 saturated carbocycles. The fourth-order valence-electron chi connectivity index (χ4n) is 1.22. The van der Waals surface area contributed by atoms with Crippen molar-refractivity contribution in [2.75, 3.05) is 14.2 Å². The van der Waals surface area contributed by atoms with E-state index in [1.165, 1.54) is 0 Å². The molecule has 2 aromatic rings.